The largest absolute Gasteiger partial charge is 0.336 e. The summed E-state index contributed by atoms with van der Waals surface area (Å²) >= 11 is 5.84. The summed E-state index contributed by atoms with van der Waals surface area (Å²) in [6, 6.07) is 2.68. The Kier molecular flexibility index (Phi) is 4.79. The molecule has 0 amide bonds. The number of terminal acetylenes is 1. The number of hydrogen-bond acceptors (Lipinski definition) is 4. The zero-order chi connectivity index (χ0) is 21.6. The number of alkyl halides is 1. The summed E-state index contributed by atoms with van der Waals surface area (Å²) in [5, 5.41) is -0.274. The molecule has 0 bridgehead atoms. The normalized spacial score (nSPS) is 14.4. The van der Waals surface area contributed by atoms with Gasteiger partial charge in [0.1, 0.15) is 5.67 Å². The molecule has 3 aromatic rings. The lowest BCUT2D eigenvalue weighted by Crippen LogP contribution is -2.41. The van der Waals surface area contributed by atoms with Crippen LogP contribution < -0.4 is 11.2 Å². The molecule has 0 aliphatic heterocycles. The van der Waals surface area contributed by atoms with Crippen LogP contribution in [0.15, 0.2) is 40.3 Å². The van der Waals surface area contributed by atoms with Gasteiger partial charge >= 0.3 is 5.69 Å². The van der Waals surface area contributed by atoms with E-state index in [0.717, 1.165) is 10.8 Å². The highest BCUT2D eigenvalue weighted by molar-refractivity contribution is 6.30. The molecule has 30 heavy (non-hydrogen) atoms. The molecule has 4 rings (SSSR count). The van der Waals surface area contributed by atoms with Crippen LogP contribution in [0, 0.1) is 25.2 Å². The Morgan fingerprint density at radius 3 is 2.63 bits per heavy atom. The molecule has 1 fully saturated rings. The molecule has 9 heteroatoms. The van der Waals surface area contributed by atoms with Gasteiger partial charge in [-0.2, -0.15) is 4.39 Å². The number of nitrogens with zero attached hydrogens (tertiary/aromatic N) is 4. The third kappa shape index (κ3) is 3.21. The summed E-state index contributed by atoms with van der Waals surface area (Å²) in [7, 11) is 0. The molecule has 0 unspecified atom stereocenters. The highest BCUT2D eigenvalue weighted by Crippen LogP contribution is 2.49. The maximum Gasteiger partial charge on any atom is 0.336 e. The van der Waals surface area contributed by atoms with Crippen LogP contribution in [0.25, 0.3) is 16.8 Å². The second kappa shape index (κ2) is 7.18. The molecule has 0 atom stereocenters. The van der Waals surface area contributed by atoms with Gasteiger partial charge in [0.15, 0.2) is 0 Å². The van der Waals surface area contributed by atoms with E-state index >= 15 is 0 Å². The van der Waals surface area contributed by atoms with Crippen LogP contribution >= 0.6 is 11.6 Å². The van der Waals surface area contributed by atoms with Crippen LogP contribution in [0.3, 0.4) is 0 Å². The first-order valence-electron chi connectivity index (χ1n) is 9.03. The van der Waals surface area contributed by atoms with Crippen LogP contribution in [0.4, 0.5) is 8.78 Å². The SMILES string of the molecule is C#CCn1c(C)c(-c2cnc(F)c(Cl)c2)c(=O)n(-c2cncc(C3(F)CC3)c2)c1=O. The van der Waals surface area contributed by atoms with Gasteiger partial charge in [0.2, 0.25) is 5.95 Å². The molecule has 0 aromatic carbocycles. The Hall–Kier alpha value is -3.31. The number of rotatable bonds is 4. The molecule has 3 aromatic heterocycles. The number of aromatic nitrogens is 4. The van der Waals surface area contributed by atoms with Crippen LogP contribution in [0.1, 0.15) is 24.1 Å². The fraction of sp³-hybridized carbons (Fsp3) is 0.238. The van der Waals surface area contributed by atoms with Crippen molar-refractivity contribution >= 4 is 11.6 Å². The van der Waals surface area contributed by atoms with Crippen molar-refractivity contribution in [3.8, 4) is 29.2 Å². The van der Waals surface area contributed by atoms with Crippen molar-refractivity contribution in [2.24, 2.45) is 0 Å². The van der Waals surface area contributed by atoms with Crippen molar-refractivity contribution < 1.29 is 8.78 Å². The molecule has 0 radical (unpaired) electrons. The molecule has 1 saturated carbocycles. The van der Waals surface area contributed by atoms with Crippen LogP contribution in [-0.4, -0.2) is 19.1 Å². The minimum atomic E-state index is -1.49. The van der Waals surface area contributed by atoms with Gasteiger partial charge in [-0.3, -0.25) is 14.3 Å². The fourth-order valence-electron chi connectivity index (χ4n) is 3.34. The molecule has 3 heterocycles. The van der Waals surface area contributed by atoms with E-state index < -0.39 is 22.9 Å². The molecule has 0 N–H and O–H groups in total. The standard InChI is InChI=1S/C21H15ClF2N4O2/c1-3-6-27-12(2)17(13-7-16(22)18(23)26-9-13)19(29)28(20(27)30)15-8-14(10-25-11-15)21(24)4-5-21/h1,7-11H,4-6H2,2H3. The molecule has 0 spiro atoms. The first-order valence-corrected chi connectivity index (χ1v) is 9.41. The summed E-state index contributed by atoms with van der Waals surface area (Å²) < 4.78 is 30.2. The summed E-state index contributed by atoms with van der Waals surface area (Å²) in [6.45, 7) is 1.44. The van der Waals surface area contributed by atoms with Gasteiger partial charge < -0.3 is 0 Å². The van der Waals surface area contributed by atoms with Gasteiger partial charge in [-0.05, 0) is 31.9 Å². The summed E-state index contributed by atoms with van der Waals surface area (Å²) in [5.74, 6) is 1.49. The van der Waals surface area contributed by atoms with Crippen molar-refractivity contribution in [1.82, 2.24) is 19.1 Å². The topological polar surface area (TPSA) is 69.8 Å². The highest BCUT2D eigenvalue weighted by atomic mass is 35.5. The van der Waals surface area contributed by atoms with E-state index in [1.54, 1.807) is 6.92 Å². The van der Waals surface area contributed by atoms with Crippen molar-refractivity contribution in [1.29, 1.82) is 0 Å². The van der Waals surface area contributed by atoms with E-state index in [1.165, 1.54) is 29.1 Å². The Balaban J connectivity index is 2.03. The second-order valence-electron chi connectivity index (χ2n) is 7.07. The first kappa shape index (κ1) is 20.0. The van der Waals surface area contributed by atoms with E-state index in [-0.39, 0.29) is 34.1 Å². The van der Waals surface area contributed by atoms with Crippen molar-refractivity contribution in [3.05, 3.63) is 73.8 Å². The number of pyridine rings is 2. The predicted molar refractivity (Wildman–Crippen MR) is 108 cm³/mol. The summed E-state index contributed by atoms with van der Waals surface area (Å²) in [5.41, 5.74) is -1.91. The van der Waals surface area contributed by atoms with E-state index in [4.69, 9.17) is 18.0 Å². The van der Waals surface area contributed by atoms with Gasteiger partial charge in [-0.1, -0.05) is 17.5 Å². The predicted octanol–water partition coefficient (Wildman–Crippen LogP) is 3.15. The maximum atomic E-state index is 14.5. The molecule has 152 valence electrons. The average Bonchev–Trinajstić information content (AvgIpc) is 3.47. The molecule has 0 saturated heterocycles. The quantitative estimate of drug-likeness (QED) is 0.473. The average molecular weight is 429 g/mol. The summed E-state index contributed by atoms with van der Waals surface area (Å²) in [4.78, 5) is 34.0. The third-order valence-corrected chi connectivity index (χ3v) is 5.39. The zero-order valence-corrected chi connectivity index (χ0v) is 16.6. The zero-order valence-electron chi connectivity index (χ0n) is 15.8. The molecule has 1 aliphatic carbocycles. The highest BCUT2D eigenvalue weighted by Gasteiger charge is 2.45. The first-order chi connectivity index (χ1) is 14.3. The molecular weight excluding hydrogens is 414 g/mol. The third-order valence-electron chi connectivity index (χ3n) is 5.13. The monoisotopic (exact) mass is 428 g/mol. The maximum absolute atomic E-state index is 14.5. The summed E-state index contributed by atoms with van der Waals surface area (Å²) in [6.07, 6.45) is 9.94. The van der Waals surface area contributed by atoms with E-state index in [9.17, 15) is 18.4 Å². The molecular formula is C21H15ClF2N4O2. The van der Waals surface area contributed by atoms with Crippen molar-refractivity contribution in [3.63, 3.8) is 0 Å². The van der Waals surface area contributed by atoms with Gasteiger partial charge in [-0.15, -0.1) is 6.42 Å². The van der Waals surface area contributed by atoms with Crippen LogP contribution in [-0.2, 0) is 12.2 Å². The Bertz CT molecular complexity index is 1340. The van der Waals surface area contributed by atoms with Gasteiger partial charge in [0.25, 0.3) is 5.56 Å². The Morgan fingerprint density at radius 1 is 1.27 bits per heavy atom. The Morgan fingerprint density at radius 2 is 2.00 bits per heavy atom. The van der Waals surface area contributed by atoms with E-state index in [0.29, 0.717) is 18.4 Å². The Labute approximate surface area is 174 Å². The minimum Gasteiger partial charge on any atom is -0.285 e. The lowest BCUT2D eigenvalue weighted by atomic mass is 10.1. The fourth-order valence-corrected chi connectivity index (χ4v) is 3.51. The lowest BCUT2D eigenvalue weighted by Gasteiger charge is -2.16. The van der Waals surface area contributed by atoms with Gasteiger partial charge in [-0.25, -0.2) is 18.7 Å². The molecule has 6 nitrogen and oxygen atoms in total. The smallest absolute Gasteiger partial charge is 0.285 e. The second-order valence-corrected chi connectivity index (χ2v) is 7.47. The van der Waals surface area contributed by atoms with Crippen LogP contribution in [0.5, 0.6) is 0 Å². The van der Waals surface area contributed by atoms with Crippen molar-refractivity contribution in [2.45, 2.75) is 32.0 Å². The molecule has 1 aliphatic rings. The number of halogens is 3. The van der Waals surface area contributed by atoms with E-state index in [2.05, 4.69) is 15.9 Å². The minimum absolute atomic E-state index is 0.0750. The van der Waals surface area contributed by atoms with E-state index in [1.807, 2.05) is 0 Å². The van der Waals surface area contributed by atoms with Crippen molar-refractivity contribution in [2.75, 3.05) is 0 Å². The van der Waals surface area contributed by atoms with Gasteiger partial charge in [0, 0.05) is 29.2 Å². The lowest BCUT2D eigenvalue weighted by molar-refractivity contribution is 0.316. The van der Waals surface area contributed by atoms with Crippen LogP contribution in [0.2, 0.25) is 5.02 Å². The van der Waals surface area contributed by atoms with Gasteiger partial charge in [0.05, 0.1) is 29.0 Å². The number of hydrogen-bond donors (Lipinski definition) is 0.